The summed E-state index contributed by atoms with van der Waals surface area (Å²) in [6.07, 6.45) is 7.05. The molecule has 0 unspecified atom stereocenters. The summed E-state index contributed by atoms with van der Waals surface area (Å²) in [7, 11) is 2.10. The summed E-state index contributed by atoms with van der Waals surface area (Å²) in [5.74, 6) is -0.278. The highest BCUT2D eigenvalue weighted by molar-refractivity contribution is 5.94. The van der Waals surface area contributed by atoms with Crippen LogP contribution in [0.2, 0.25) is 0 Å². The Morgan fingerprint density at radius 1 is 1.32 bits per heavy atom. The summed E-state index contributed by atoms with van der Waals surface area (Å²) in [5, 5.41) is 4.05. The smallest absolute Gasteiger partial charge is 0.272 e. The van der Waals surface area contributed by atoms with Crippen LogP contribution in [0.4, 0.5) is 5.69 Å². The fraction of sp³-hybridized carbons (Fsp3) is 0.250. The summed E-state index contributed by atoms with van der Waals surface area (Å²) < 4.78 is 0. The molecule has 0 bridgehead atoms. The quantitative estimate of drug-likeness (QED) is 0.690. The van der Waals surface area contributed by atoms with E-state index in [4.69, 9.17) is 0 Å². The number of anilines is 1. The lowest BCUT2D eigenvalue weighted by Gasteiger charge is -2.40. The lowest BCUT2D eigenvalue weighted by atomic mass is 9.89. The number of amides is 1. The third-order valence-electron chi connectivity index (χ3n) is 4.54. The largest absolute Gasteiger partial charge is 0.366 e. The Morgan fingerprint density at radius 3 is 2.84 bits per heavy atom. The van der Waals surface area contributed by atoms with E-state index < -0.39 is 0 Å². The second-order valence-electron chi connectivity index (χ2n) is 6.76. The van der Waals surface area contributed by atoms with Gasteiger partial charge in [-0.3, -0.25) is 9.78 Å². The predicted molar refractivity (Wildman–Crippen MR) is 102 cm³/mol. The Hall–Kier alpha value is -2.95. The van der Waals surface area contributed by atoms with Crippen LogP contribution >= 0.6 is 0 Å². The summed E-state index contributed by atoms with van der Waals surface area (Å²) in [5.41, 5.74) is 7.56. The molecule has 5 heteroatoms. The van der Waals surface area contributed by atoms with E-state index in [2.05, 4.69) is 66.4 Å². The van der Waals surface area contributed by atoms with E-state index in [9.17, 15) is 4.79 Å². The molecule has 5 nitrogen and oxygen atoms in total. The molecule has 0 saturated heterocycles. The van der Waals surface area contributed by atoms with Crippen LogP contribution in [0.25, 0.3) is 5.57 Å². The molecule has 0 fully saturated rings. The zero-order valence-electron chi connectivity index (χ0n) is 14.9. The maximum absolute atomic E-state index is 12.0. The Kier molecular flexibility index (Phi) is 4.40. The van der Waals surface area contributed by atoms with Crippen molar-refractivity contribution in [3.05, 3.63) is 65.5 Å². The molecule has 1 aromatic heterocycles. The van der Waals surface area contributed by atoms with E-state index in [0.717, 1.165) is 5.56 Å². The fourth-order valence-corrected chi connectivity index (χ4v) is 2.98. The van der Waals surface area contributed by atoms with Gasteiger partial charge in [0.15, 0.2) is 0 Å². The van der Waals surface area contributed by atoms with Crippen molar-refractivity contribution in [3.8, 4) is 0 Å². The van der Waals surface area contributed by atoms with Gasteiger partial charge in [-0.25, -0.2) is 5.43 Å². The molecule has 1 aliphatic heterocycles. The number of benzene rings is 1. The molecule has 1 aliphatic rings. The number of hydrogen-bond acceptors (Lipinski definition) is 4. The van der Waals surface area contributed by atoms with Crippen molar-refractivity contribution in [2.45, 2.75) is 26.3 Å². The van der Waals surface area contributed by atoms with E-state index in [1.165, 1.54) is 23.0 Å². The minimum atomic E-state index is -0.278. The van der Waals surface area contributed by atoms with Gasteiger partial charge < -0.3 is 4.90 Å². The van der Waals surface area contributed by atoms with Crippen molar-refractivity contribution in [1.29, 1.82) is 0 Å². The van der Waals surface area contributed by atoms with Crippen LogP contribution in [-0.4, -0.2) is 29.7 Å². The van der Waals surface area contributed by atoms with E-state index in [1.807, 2.05) is 6.07 Å². The summed E-state index contributed by atoms with van der Waals surface area (Å²) in [4.78, 5) is 18.1. The van der Waals surface area contributed by atoms with Gasteiger partial charge in [0.25, 0.3) is 5.91 Å². The number of hydrazone groups is 1. The minimum absolute atomic E-state index is 0.00954. The van der Waals surface area contributed by atoms with Gasteiger partial charge in [-0.1, -0.05) is 12.1 Å². The monoisotopic (exact) mass is 334 g/mol. The number of carbonyl (C=O) groups excluding carboxylic acids is 1. The van der Waals surface area contributed by atoms with E-state index in [1.54, 1.807) is 24.5 Å². The second-order valence-corrected chi connectivity index (χ2v) is 6.76. The average Bonchev–Trinajstić information content (AvgIpc) is 2.60. The van der Waals surface area contributed by atoms with Crippen molar-refractivity contribution in [1.82, 2.24) is 10.4 Å². The van der Waals surface area contributed by atoms with Crippen molar-refractivity contribution < 1.29 is 4.79 Å². The SMILES string of the molecule is CC1=CC(C)(C)N(C)c2ccc(/C=N\NC(=O)c3cccnc3)cc21. The molecule has 0 spiro atoms. The molecule has 1 N–H and O–H groups in total. The van der Waals surface area contributed by atoms with Gasteiger partial charge in [0.2, 0.25) is 0 Å². The van der Waals surface area contributed by atoms with Crippen molar-refractivity contribution in [2.75, 3.05) is 11.9 Å². The zero-order chi connectivity index (χ0) is 18.0. The highest BCUT2D eigenvalue weighted by Crippen LogP contribution is 2.37. The highest BCUT2D eigenvalue weighted by atomic mass is 16.2. The predicted octanol–water partition coefficient (Wildman–Crippen LogP) is 3.48. The first-order chi connectivity index (χ1) is 11.9. The number of aromatic nitrogens is 1. The van der Waals surface area contributed by atoms with Crippen molar-refractivity contribution >= 4 is 23.4 Å². The topological polar surface area (TPSA) is 57.6 Å². The van der Waals surface area contributed by atoms with Gasteiger partial charge in [-0.05, 0) is 56.2 Å². The molecule has 128 valence electrons. The Labute approximate surface area is 148 Å². The first kappa shape index (κ1) is 16.9. The maximum atomic E-state index is 12.0. The maximum Gasteiger partial charge on any atom is 0.272 e. The Bertz CT molecular complexity index is 853. The molecule has 0 atom stereocenters. The van der Waals surface area contributed by atoms with Crippen LogP contribution in [-0.2, 0) is 0 Å². The van der Waals surface area contributed by atoms with Gasteiger partial charge in [0.05, 0.1) is 17.3 Å². The fourth-order valence-electron chi connectivity index (χ4n) is 2.98. The molecule has 1 aromatic carbocycles. The Balaban J connectivity index is 1.77. The number of allylic oxidation sites excluding steroid dienone is 1. The van der Waals surface area contributed by atoms with Gasteiger partial charge >= 0.3 is 0 Å². The molecular formula is C20H22N4O. The molecular weight excluding hydrogens is 312 g/mol. The van der Waals surface area contributed by atoms with E-state index in [0.29, 0.717) is 5.56 Å². The molecule has 2 aromatic rings. The standard InChI is InChI=1S/C20H22N4O/c1-14-11-20(2,3)24(4)18-8-7-15(10-17(14)18)12-22-23-19(25)16-6-5-9-21-13-16/h5-13H,1-4H3,(H,23,25)/b22-12-. The normalized spacial score (nSPS) is 15.7. The van der Waals surface area contributed by atoms with Crippen molar-refractivity contribution in [3.63, 3.8) is 0 Å². The minimum Gasteiger partial charge on any atom is -0.366 e. The molecule has 25 heavy (non-hydrogen) atoms. The van der Waals surface area contributed by atoms with Crippen LogP contribution in [0.15, 0.2) is 53.9 Å². The number of fused-ring (bicyclic) bond motifs is 1. The van der Waals surface area contributed by atoms with Crippen molar-refractivity contribution in [2.24, 2.45) is 5.10 Å². The van der Waals surface area contributed by atoms with Crippen LogP contribution in [0.5, 0.6) is 0 Å². The molecule has 3 rings (SSSR count). The third kappa shape index (κ3) is 3.45. The number of carbonyl (C=O) groups is 1. The van der Waals surface area contributed by atoms with E-state index in [-0.39, 0.29) is 11.4 Å². The van der Waals surface area contributed by atoms with Gasteiger partial charge in [-0.2, -0.15) is 5.10 Å². The zero-order valence-corrected chi connectivity index (χ0v) is 14.9. The highest BCUT2D eigenvalue weighted by Gasteiger charge is 2.28. The summed E-state index contributed by atoms with van der Waals surface area (Å²) >= 11 is 0. The number of hydrogen-bond donors (Lipinski definition) is 1. The third-order valence-corrected chi connectivity index (χ3v) is 4.54. The number of rotatable bonds is 3. The molecule has 2 heterocycles. The lowest BCUT2D eigenvalue weighted by Crippen LogP contribution is -2.42. The van der Waals surface area contributed by atoms with Crippen LogP contribution in [0.3, 0.4) is 0 Å². The summed E-state index contributed by atoms with van der Waals surface area (Å²) in [6.45, 7) is 6.52. The number of pyridine rings is 1. The number of likely N-dealkylation sites (N-methyl/N-ethyl adjacent to an activating group) is 1. The first-order valence-electron chi connectivity index (χ1n) is 8.19. The van der Waals surface area contributed by atoms with Crippen LogP contribution in [0, 0.1) is 0 Å². The Morgan fingerprint density at radius 2 is 2.12 bits per heavy atom. The molecule has 1 amide bonds. The van der Waals surface area contributed by atoms with Gasteiger partial charge in [-0.15, -0.1) is 0 Å². The van der Waals surface area contributed by atoms with Gasteiger partial charge in [0.1, 0.15) is 0 Å². The lowest BCUT2D eigenvalue weighted by molar-refractivity contribution is 0.0955. The average molecular weight is 334 g/mol. The van der Waals surface area contributed by atoms with Crippen LogP contribution < -0.4 is 10.3 Å². The molecule has 0 radical (unpaired) electrons. The molecule has 0 aliphatic carbocycles. The second kappa shape index (κ2) is 6.51. The number of nitrogens with zero attached hydrogens (tertiary/aromatic N) is 3. The van der Waals surface area contributed by atoms with Gasteiger partial charge in [0, 0.05) is 30.7 Å². The summed E-state index contributed by atoms with van der Waals surface area (Å²) in [6, 6.07) is 9.60. The van der Waals surface area contributed by atoms with Crippen LogP contribution in [0.1, 0.15) is 42.3 Å². The first-order valence-corrected chi connectivity index (χ1v) is 8.19. The van der Waals surface area contributed by atoms with E-state index >= 15 is 0 Å². The molecule has 0 saturated carbocycles. The number of nitrogens with one attached hydrogen (secondary N) is 1.